The van der Waals surface area contributed by atoms with Crippen LogP contribution in [-0.2, 0) is 16.0 Å². The van der Waals surface area contributed by atoms with Crippen LogP contribution >= 0.6 is 0 Å². The number of ether oxygens (including phenoxy) is 1. The van der Waals surface area contributed by atoms with E-state index in [9.17, 15) is 4.79 Å². The Hall–Kier alpha value is -2.28. The lowest BCUT2D eigenvalue weighted by molar-refractivity contribution is -0.134. The normalized spacial score (nSPS) is 23.1. The molecular formula is C22H28N4O2. The molecule has 2 atom stereocenters. The molecule has 6 nitrogen and oxygen atoms in total. The van der Waals surface area contributed by atoms with Gasteiger partial charge in [0, 0.05) is 44.1 Å². The number of aromatic nitrogens is 1. The van der Waals surface area contributed by atoms with E-state index in [1.165, 1.54) is 5.56 Å². The van der Waals surface area contributed by atoms with Crippen LogP contribution in [0.1, 0.15) is 23.8 Å². The molecule has 0 aliphatic carbocycles. The quantitative estimate of drug-likeness (QED) is 0.829. The summed E-state index contributed by atoms with van der Waals surface area (Å²) >= 11 is 0. The van der Waals surface area contributed by atoms with E-state index in [1.54, 1.807) is 12.4 Å². The van der Waals surface area contributed by atoms with Crippen molar-refractivity contribution in [2.45, 2.75) is 25.1 Å². The van der Waals surface area contributed by atoms with E-state index in [4.69, 9.17) is 4.74 Å². The molecule has 6 heteroatoms. The average Bonchev–Trinajstić information content (AvgIpc) is 3.25. The molecular weight excluding hydrogens is 352 g/mol. The van der Waals surface area contributed by atoms with Gasteiger partial charge in [-0.25, -0.2) is 0 Å². The molecule has 2 aliphatic heterocycles. The summed E-state index contributed by atoms with van der Waals surface area (Å²) in [6.45, 7) is 4.97. The minimum Gasteiger partial charge on any atom is -0.357 e. The predicted octanol–water partition coefficient (Wildman–Crippen LogP) is 1.85. The molecule has 2 fully saturated rings. The Morgan fingerprint density at radius 3 is 2.68 bits per heavy atom. The summed E-state index contributed by atoms with van der Waals surface area (Å²) in [5.74, 6) is 0.148. The Labute approximate surface area is 166 Å². The van der Waals surface area contributed by atoms with Crippen molar-refractivity contribution >= 4 is 5.91 Å². The highest BCUT2D eigenvalue weighted by Crippen LogP contribution is 2.21. The Morgan fingerprint density at radius 1 is 1.11 bits per heavy atom. The lowest BCUT2D eigenvalue weighted by atomic mass is 10.1. The van der Waals surface area contributed by atoms with Crippen molar-refractivity contribution < 1.29 is 9.53 Å². The molecule has 1 aromatic heterocycles. The molecule has 3 heterocycles. The highest BCUT2D eigenvalue weighted by Gasteiger charge is 2.34. The third kappa shape index (κ3) is 4.76. The number of amides is 1. The summed E-state index contributed by atoms with van der Waals surface area (Å²) < 4.78 is 5.77. The number of benzene rings is 1. The summed E-state index contributed by atoms with van der Waals surface area (Å²) in [6.07, 6.45) is 5.53. The molecule has 0 saturated carbocycles. The van der Waals surface area contributed by atoms with Crippen molar-refractivity contribution in [3.63, 3.8) is 0 Å². The standard InChI is InChI=1S/C22H28N4O2/c27-22(20-17-28-21(24-20)19-9-4-10-23-16-19)26-14-12-25(13-15-26)11-5-8-18-6-2-1-3-7-18/h1-4,6-7,9-10,16,20-21,24H,5,8,11-15,17H2. The maximum Gasteiger partial charge on any atom is 0.242 e. The fourth-order valence-corrected chi connectivity index (χ4v) is 3.90. The van der Waals surface area contributed by atoms with Gasteiger partial charge < -0.3 is 9.64 Å². The molecule has 28 heavy (non-hydrogen) atoms. The third-order valence-corrected chi connectivity index (χ3v) is 5.53. The van der Waals surface area contributed by atoms with Gasteiger partial charge in [-0.05, 0) is 31.0 Å². The van der Waals surface area contributed by atoms with Gasteiger partial charge in [0.25, 0.3) is 0 Å². The first kappa shape index (κ1) is 19.1. The average molecular weight is 380 g/mol. The van der Waals surface area contributed by atoms with Crippen molar-refractivity contribution in [1.82, 2.24) is 20.1 Å². The second-order valence-electron chi connectivity index (χ2n) is 7.48. The highest BCUT2D eigenvalue weighted by atomic mass is 16.5. The number of hydrogen-bond donors (Lipinski definition) is 1. The largest absolute Gasteiger partial charge is 0.357 e. The summed E-state index contributed by atoms with van der Waals surface area (Å²) in [4.78, 5) is 21.4. The number of pyridine rings is 1. The van der Waals surface area contributed by atoms with Crippen LogP contribution in [-0.4, -0.2) is 66.1 Å². The molecule has 0 radical (unpaired) electrons. The van der Waals surface area contributed by atoms with Gasteiger partial charge in [0.05, 0.1) is 6.61 Å². The predicted molar refractivity (Wildman–Crippen MR) is 108 cm³/mol. The number of carbonyl (C=O) groups excluding carboxylic acids is 1. The lowest BCUT2D eigenvalue weighted by Gasteiger charge is -2.35. The van der Waals surface area contributed by atoms with Crippen LogP contribution in [0, 0.1) is 0 Å². The van der Waals surface area contributed by atoms with Crippen LogP contribution in [0.2, 0.25) is 0 Å². The Balaban J connectivity index is 1.19. The van der Waals surface area contributed by atoms with Crippen molar-refractivity contribution in [3.8, 4) is 0 Å². The van der Waals surface area contributed by atoms with Crippen LogP contribution in [0.5, 0.6) is 0 Å². The molecule has 4 rings (SSSR count). The maximum absolute atomic E-state index is 12.8. The molecule has 1 aromatic carbocycles. The first-order valence-corrected chi connectivity index (χ1v) is 10.1. The Bertz CT molecular complexity index is 748. The van der Waals surface area contributed by atoms with Gasteiger partial charge in [0.15, 0.2) is 0 Å². The van der Waals surface area contributed by atoms with Gasteiger partial charge in [-0.1, -0.05) is 36.4 Å². The monoisotopic (exact) mass is 380 g/mol. The van der Waals surface area contributed by atoms with Crippen LogP contribution in [0.3, 0.4) is 0 Å². The lowest BCUT2D eigenvalue weighted by Crippen LogP contribution is -2.53. The molecule has 148 valence electrons. The van der Waals surface area contributed by atoms with E-state index in [0.717, 1.165) is 51.1 Å². The van der Waals surface area contributed by atoms with Crippen molar-refractivity contribution in [2.75, 3.05) is 39.3 Å². The molecule has 2 aromatic rings. The van der Waals surface area contributed by atoms with Gasteiger partial charge in [0.2, 0.25) is 5.91 Å². The third-order valence-electron chi connectivity index (χ3n) is 5.53. The van der Waals surface area contributed by atoms with Crippen LogP contribution in [0.15, 0.2) is 54.9 Å². The zero-order valence-corrected chi connectivity index (χ0v) is 16.2. The second-order valence-corrected chi connectivity index (χ2v) is 7.48. The summed E-state index contributed by atoms with van der Waals surface area (Å²) in [5, 5.41) is 3.30. The molecule has 2 unspecified atom stereocenters. The minimum atomic E-state index is -0.269. The van der Waals surface area contributed by atoms with Gasteiger partial charge >= 0.3 is 0 Å². The minimum absolute atomic E-state index is 0.148. The van der Waals surface area contributed by atoms with E-state index >= 15 is 0 Å². The summed E-state index contributed by atoms with van der Waals surface area (Å²) in [6, 6.07) is 14.2. The topological polar surface area (TPSA) is 57.7 Å². The van der Waals surface area contributed by atoms with Crippen LogP contribution < -0.4 is 5.32 Å². The first-order chi connectivity index (χ1) is 13.8. The van der Waals surface area contributed by atoms with Crippen molar-refractivity contribution in [1.29, 1.82) is 0 Å². The van der Waals surface area contributed by atoms with Crippen molar-refractivity contribution in [2.24, 2.45) is 0 Å². The van der Waals surface area contributed by atoms with Gasteiger partial charge in [0.1, 0.15) is 12.3 Å². The van der Waals surface area contributed by atoms with E-state index in [2.05, 4.69) is 45.5 Å². The SMILES string of the molecule is O=C(C1COC(c2cccnc2)N1)N1CCN(CCCc2ccccc2)CC1. The maximum atomic E-state index is 12.8. The smallest absolute Gasteiger partial charge is 0.242 e. The van der Waals surface area contributed by atoms with E-state index < -0.39 is 0 Å². The number of carbonyl (C=O) groups is 1. The summed E-state index contributed by atoms with van der Waals surface area (Å²) in [5.41, 5.74) is 2.35. The van der Waals surface area contributed by atoms with Crippen LogP contribution in [0.4, 0.5) is 0 Å². The number of nitrogens with one attached hydrogen (secondary N) is 1. The molecule has 2 saturated heterocycles. The molecule has 1 amide bonds. The fraction of sp³-hybridized carbons (Fsp3) is 0.455. The number of piperazine rings is 1. The number of hydrogen-bond acceptors (Lipinski definition) is 5. The Morgan fingerprint density at radius 2 is 1.93 bits per heavy atom. The molecule has 2 aliphatic rings. The molecule has 0 bridgehead atoms. The first-order valence-electron chi connectivity index (χ1n) is 10.1. The van der Waals surface area contributed by atoms with E-state index in [0.29, 0.717) is 6.61 Å². The number of rotatable bonds is 6. The van der Waals surface area contributed by atoms with E-state index in [-0.39, 0.29) is 18.2 Å². The number of aryl methyl sites for hydroxylation is 1. The van der Waals surface area contributed by atoms with Gasteiger partial charge in [-0.3, -0.25) is 20.0 Å². The van der Waals surface area contributed by atoms with Crippen molar-refractivity contribution in [3.05, 3.63) is 66.0 Å². The molecule has 1 N–H and O–H groups in total. The number of nitrogens with zero attached hydrogens (tertiary/aromatic N) is 3. The highest BCUT2D eigenvalue weighted by molar-refractivity contribution is 5.82. The Kier molecular flexibility index (Phi) is 6.31. The van der Waals surface area contributed by atoms with E-state index in [1.807, 2.05) is 17.0 Å². The second kappa shape index (κ2) is 9.28. The molecule has 0 spiro atoms. The van der Waals surface area contributed by atoms with Gasteiger partial charge in [-0.2, -0.15) is 0 Å². The zero-order valence-electron chi connectivity index (χ0n) is 16.2. The fourth-order valence-electron chi connectivity index (χ4n) is 3.90. The summed E-state index contributed by atoms with van der Waals surface area (Å²) in [7, 11) is 0. The zero-order chi connectivity index (χ0) is 19.2. The van der Waals surface area contributed by atoms with Crippen LogP contribution in [0.25, 0.3) is 0 Å². The van der Waals surface area contributed by atoms with Gasteiger partial charge in [-0.15, -0.1) is 0 Å².